The van der Waals surface area contributed by atoms with Gasteiger partial charge in [0.25, 0.3) is 5.95 Å². The van der Waals surface area contributed by atoms with E-state index in [-0.39, 0.29) is 44.9 Å². The molecule has 1 aromatic rings. The maximum atomic E-state index is 12.8. The molecule has 6 nitrogen and oxygen atoms in total. The van der Waals surface area contributed by atoms with Crippen molar-refractivity contribution in [3.63, 3.8) is 0 Å². The minimum Gasteiger partial charge on any atom is -0.481 e. The van der Waals surface area contributed by atoms with E-state index < -0.39 is 0 Å². The van der Waals surface area contributed by atoms with Gasteiger partial charge in [-0.1, -0.05) is 54.5 Å². The van der Waals surface area contributed by atoms with Crippen LogP contribution in [0.2, 0.25) is 0 Å². The lowest BCUT2D eigenvalue weighted by molar-refractivity contribution is -0.232. The van der Waals surface area contributed by atoms with Crippen LogP contribution in [-0.4, -0.2) is 29.4 Å². The highest BCUT2D eigenvalue weighted by atomic mass is 16.6. The summed E-state index contributed by atoms with van der Waals surface area (Å²) in [4.78, 5) is 21.6. The largest absolute Gasteiger partial charge is 0.481 e. The van der Waals surface area contributed by atoms with Crippen LogP contribution >= 0.6 is 0 Å². The lowest BCUT2D eigenvalue weighted by Crippen LogP contribution is -2.65. The first kappa shape index (κ1) is 30.9. The molecule has 6 heteroatoms. The van der Waals surface area contributed by atoms with E-state index in [1.165, 1.54) is 6.92 Å². The Labute approximate surface area is 223 Å². The SMILES string of the molecule is C=C(O)O[C@@H](c1ccoc1)[C@]1(C)CCC2C3(C)C=CC(=O)C(C)(C)C3CCC2(C)C1(C)C.CC=O.CO. The van der Waals surface area contributed by atoms with Gasteiger partial charge in [0, 0.05) is 23.5 Å². The minimum absolute atomic E-state index is 0.0183. The third kappa shape index (κ3) is 4.71. The molecule has 1 heterocycles. The van der Waals surface area contributed by atoms with Crippen molar-refractivity contribution in [3.05, 3.63) is 48.8 Å². The molecular weight excluding hydrogens is 468 g/mol. The Morgan fingerprint density at radius 1 is 1.11 bits per heavy atom. The minimum atomic E-state index is -0.350. The zero-order valence-corrected chi connectivity index (χ0v) is 24.3. The highest BCUT2D eigenvalue weighted by Gasteiger charge is 2.69. The molecule has 4 rings (SSSR count). The molecule has 6 atom stereocenters. The molecule has 0 bridgehead atoms. The molecule has 4 unspecified atom stereocenters. The number of allylic oxidation sites excluding steroid dienone is 2. The van der Waals surface area contributed by atoms with Crippen molar-refractivity contribution < 1.29 is 29.0 Å². The summed E-state index contributed by atoms with van der Waals surface area (Å²) < 4.78 is 11.4. The Morgan fingerprint density at radius 3 is 2.19 bits per heavy atom. The number of ether oxygens (including phenoxy) is 1. The number of rotatable bonds is 4. The zero-order valence-electron chi connectivity index (χ0n) is 24.3. The Hall–Kier alpha value is -2.34. The molecule has 0 spiro atoms. The van der Waals surface area contributed by atoms with Gasteiger partial charge in [0.05, 0.1) is 12.5 Å². The standard InChI is InChI=1S/C28H40O4.C2H4O.CH4O/c1-18(29)32-23(19-12-16-31-17-19)28(8)15-10-21-26(6)13-11-22(30)24(2,3)20(26)9-14-27(21,7)25(28,4)5;1-2-3;1-2/h11-13,16-17,20-21,23,29H,1,9-10,14-15H2,2-8H3;2H,1H3;2H,1H3/t20?,21?,23-,26?,27?,28-;;/m0../s1. The van der Waals surface area contributed by atoms with Crippen molar-refractivity contribution in [1.82, 2.24) is 0 Å². The monoisotopic (exact) mass is 516 g/mol. The van der Waals surface area contributed by atoms with Gasteiger partial charge in [-0.05, 0) is 79.4 Å². The first-order valence-corrected chi connectivity index (χ1v) is 13.3. The number of aldehydes is 1. The number of ketones is 1. The lowest BCUT2D eigenvalue weighted by Gasteiger charge is -2.70. The molecule has 2 N–H and O–H groups in total. The molecule has 2 saturated carbocycles. The predicted octanol–water partition coefficient (Wildman–Crippen LogP) is 7.21. The van der Waals surface area contributed by atoms with Crippen LogP contribution in [0.5, 0.6) is 0 Å². The average molecular weight is 517 g/mol. The van der Waals surface area contributed by atoms with Gasteiger partial charge in [0.2, 0.25) is 0 Å². The van der Waals surface area contributed by atoms with Crippen molar-refractivity contribution in [2.75, 3.05) is 7.11 Å². The molecule has 3 aliphatic rings. The molecular formula is C31H48O6. The van der Waals surface area contributed by atoms with Crippen molar-refractivity contribution in [2.45, 2.75) is 87.2 Å². The zero-order chi connectivity index (χ0) is 28.4. The Morgan fingerprint density at radius 2 is 1.68 bits per heavy atom. The average Bonchev–Trinajstić information content (AvgIpc) is 3.35. The Balaban J connectivity index is 0.000000898. The molecule has 37 heavy (non-hydrogen) atoms. The van der Waals surface area contributed by atoms with E-state index in [0.29, 0.717) is 11.8 Å². The van der Waals surface area contributed by atoms with Gasteiger partial charge in [-0.15, -0.1) is 0 Å². The van der Waals surface area contributed by atoms with Crippen LogP contribution < -0.4 is 0 Å². The van der Waals surface area contributed by atoms with E-state index in [2.05, 4.69) is 61.1 Å². The van der Waals surface area contributed by atoms with Gasteiger partial charge in [-0.3, -0.25) is 4.79 Å². The Kier molecular flexibility index (Phi) is 9.01. The van der Waals surface area contributed by atoms with E-state index >= 15 is 0 Å². The summed E-state index contributed by atoms with van der Waals surface area (Å²) >= 11 is 0. The molecule has 0 amide bonds. The normalized spacial score (nSPS) is 35.8. The topological polar surface area (TPSA) is 97.0 Å². The quantitative estimate of drug-likeness (QED) is 0.324. The second-order valence-electron chi connectivity index (χ2n) is 12.6. The second-order valence-corrected chi connectivity index (χ2v) is 12.6. The fourth-order valence-electron chi connectivity index (χ4n) is 8.24. The maximum Gasteiger partial charge on any atom is 0.269 e. The fourth-order valence-corrected chi connectivity index (χ4v) is 8.24. The van der Waals surface area contributed by atoms with E-state index in [1.807, 2.05) is 12.1 Å². The lowest BCUT2D eigenvalue weighted by atomic mass is 9.34. The maximum absolute atomic E-state index is 12.8. The van der Waals surface area contributed by atoms with Crippen LogP contribution in [0.4, 0.5) is 0 Å². The van der Waals surface area contributed by atoms with E-state index in [0.717, 1.165) is 44.6 Å². The molecule has 2 fully saturated rings. The predicted molar refractivity (Wildman–Crippen MR) is 146 cm³/mol. The molecule has 208 valence electrons. The van der Waals surface area contributed by atoms with Crippen molar-refractivity contribution >= 4 is 12.1 Å². The van der Waals surface area contributed by atoms with Crippen LogP contribution in [0.1, 0.15) is 92.7 Å². The summed E-state index contributed by atoms with van der Waals surface area (Å²) in [5.74, 6) is 0.816. The van der Waals surface area contributed by atoms with Crippen LogP contribution in [0.3, 0.4) is 0 Å². The molecule has 0 radical (unpaired) electrons. The number of carbonyl (C=O) groups is 2. The van der Waals surface area contributed by atoms with E-state index in [4.69, 9.17) is 19.1 Å². The van der Waals surface area contributed by atoms with E-state index in [9.17, 15) is 9.90 Å². The first-order chi connectivity index (χ1) is 17.1. The Bertz CT molecular complexity index is 989. The fraction of sp³-hybridized carbons (Fsp3) is 0.677. The summed E-state index contributed by atoms with van der Waals surface area (Å²) in [6.45, 7) is 21.2. The van der Waals surface area contributed by atoms with Gasteiger partial charge in [0.15, 0.2) is 5.78 Å². The summed E-state index contributed by atoms with van der Waals surface area (Å²) in [6.07, 6.45) is 12.0. The van der Waals surface area contributed by atoms with Gasteiger partial charge in [-0.25, -0.2) is 0 Å². The number of aliphatic hydroxyl groups is 2. The van der Waals surface area contributed by atoms with Crippen molar-refractivity contribution in [3.8, 4) is 0 Å². The van der Waals surface area contributed by atoms with Crippen LogP contribution in [0.15, 0.2) is 47.7 Å². The summed E-state index contributed by atoms with van der Waals surface area (Å²) in [5.41, 5.74) is 0.257. The first-order valence-electron chi connectivity index (χ1n) is 13.3. The molecule has 0 aliphatic heterocycles. The molecule has 0 saturated heterocycles. The highest BCUT2D eigenvalue weighted by Crippen LogP contribution is 2.75. The number of hydrogen-bond donors (Lipinski definition) is 2. The third-order valence-corrected chi connectivity index (χ3v) is 10.8. The number of hydrogen-bond acceptors (Lipinski definition) is 6. The van der Waals surface area contributed by atoms with Crippen LogP contribution in [-0.2, 0) is 14.3 Å². The van der Waals surface area contributed by atoms with Gasteiger partial charge in [-0.2, -0.15) is 0 Å². The second kappa shape index (κ2) is 10.8. The smallest absolute Gasteiger partial charge is 0.269 e. The van der Waals surface area contributed by atoms with Gasteiger partial charge < -0.3 is 24.2 Å². The summed E-state index contributed by atoms with van der Waals surface area (Å²) in [5, 5.41) is 17.0. The number of furan rings is 1. The summed E-state index contributed by atoms with van der Waals surface area (Å²) in [6, 6.07) is 1.93. The van der Waals surface area contributed by atoms with Gasteiger partial charge >= 0.3 is 0 Å². The number of carbonyl (C=O) groups excluding carboxylic acids is 2. The number of aliphatic hydroxyl groups excluding tert-OH is 2. The van der Waals surface area contributed by atoms with E-state index in [1.54, 1.807) is 12.5 Å². The van der Waals surface area contributed by atoms with Crippen LogP contribution in [0, 0.1) is 38.9 Å². The van der Waals surface area contributed by atoms with Crippen LogP contribution in [0.25, 0.3) is 0 Å². The molecule has 3 aliphatic carbocycles. The van der Waals surface area contributed by atoms with Crippen molar-refractivity contribution in [1.29, 1.82) is 0 Å². The molecule has 1 aromatic heterocycles. The van der Waals surface area contributed by atoms with Crippen molar-refractivity contribution in [2.24, 2.45) is 38.9 Å². The molecule has 0 aromatic carbocycles. The van der Waals surface area contributed by atoms with Gasteiger partial charge in [0.1, 0.15) is 12.4 Å². The summed E-state index contributed by atoms with van der Waals surface area (Å²) in [7, 11) is 1.00. The third-order valence-electron chi connectivity index (χ3n) is 10.8. The highest BCUT2D eigenvalue weighted by molar-refractivity contribution is 5.95. The number of fused-ring (bicyclic) bond motifs is 3.